The molecule has 0 unspecified atom stereocenters. The Kier molecular flexibility index (Phi) is 5.19. The first-order valence-corrected chi connectivity index (χ1v) is 5.36. The highest BCUT2D eigenvalue weighted by molar-refractivity contribution is 7.54. The summed E-state index contributed by atoms with van der Waals surface area (Å²) < 4.78 is 20.9. The van der Waals surface area contributed by atoms with Crippen LogP contribution in [0.4, 0.5) is 0 Å². The summed E-state index contributed by atoms with van der Waals surface area (Å²) in [7, 11) is -0.117. The van der Waals surface area contributed by atoms with Crippen LogP contribution >= 0.6 is 7.60 Å². The smallest absolute Gasteiger partial charge is 0.312 e. The van der Waals surface area contributed by atoms with Crippen molar-refractivity contribution in [2.24, 2.45) is 0 Å². The Labute approximate surface area is 73.6 Å². The maximum atomic E-state index is 11.4. The van der Waals surface area contributed by atoms with Gasteiger partial charge in [0.1, 0.15) is 0 Å². The lowest BCUT2D eigenvalue weighted by atomic mass is 10.4. The molecule has 0 N–H and O–H groups in total. The molecular formula is C8H15O3P. The van der Waals surface area contributed by atoms with Crippen LogP contribution in [0.3, 0.4) is 0 Å². The summed E-state index contributed by atoms with van der Waals surface area (Å²) in [4.78, 5) is 0. The summed E-state index contributed by atoms with van der Waals surface area (Å²) >= 11 is 0. The predicted molar refractivity (Wildman–Crippen MR) is 49.4 cm³/mol. The topological polar surface area (TPSA) is 35.5 Å². The standard InChI is InChI=1S/C8H15O3P/c1-8(2)6-5-7-12(9,10-3)11-4/h5H,7H2,1-4H3. The van der Waals surface area contributed by atoms with E-state index in [1.165, 1.54) is 14.2 Å². The number of hydrogen-bond donors (Lipinski definition) is 0. The van der Waals surface area contributed by atoms with Gasteiger partial charge < -0.3 is 9.05 Å². The lowest BCUT2D eigenvalue weighted by Gasteiger charge is -2.09. The summed E-state index contributed by atoms with van der Waals surface area (Å²) in [5, 5.41) is 0. The second-order valence-corrected chi connectivity index (χ2v) is 4.82. The third-order valence-corrected chi connectivity index (χ3v) is 3.00. The third kappa shape index (κ3) is 4.53. The van der Waals surface area contributed by atoms with Crippen LogP contribution in [0.15, 0.2) is 17.4 Å². The molecule has 4 heteroatoms. The zero-order valence-electron chi connectivity index (χ0n) is 7.96. The molecule has 0 amide bonds. The SMILES string of the molecule is COP(=O)(CC=C=C(C)C)OC. The van der Waals surface area contributed by atoms with Gasteiger partial charge in [-0.15, -0.1) is 5.73 Å². The van der Waals surface area contributed by atoms with Crippen molar-refractivity contribution in [3.63, 3.8) is 0 Å². The van der Waals surface area contributed by atoms with Gasteiger partial charge in [-0.2, -0.15) is 0 Å². The number of allylic oxidation sites excluding steroid dienone is 1. The Morgan fingerprint density at radius 3 is 2.25 bits per heavy atom. The predicted octanol–water partition coefficient (Wildman–Crippen LogP) is 2.59. The highest BCUT2D eigenvalue weighted by atomic mass is 31.2. The van der Waals surface area contributed by atoms with Gasteiger partial charge >= 0.3 is 7.60 Å². The molecule has 0 aliphatic rings. The molecule has 0 aromatic rings. The number of hydrogen-bond acceptors (Lipinski definition) is 3. The molecule has 0 heterocycles. The second kappa shape index (κ2) is 5.34. The second-order valence-electron chi connectivity index (χ2n) is 2.51. The summed E-state index contributed by atoms with van der Waals surface area (Å²) in [6.07, 6.45) is 1.94. The average molecular weight is 190 g/mol. The molecule has 0 fully saturated rings. The maximum Gasteiger partial charge on any atom is 0.334 e. The minimum absolute atomic E-state index is 0.269. The molecular weight excluding hydrogens is 175 g/mol. The fourth-order valence-corrected chi connectivity index (χ4v) is 1.35. The van der Waals surface area contributed by atoms with E-state index in [9.17, 15) is 4.57 Å². The van der Waals surface area contributed by atoms with Gasteiger partial charge in [0, 0.05) is 14.2 Å². The van der Waals surface area contributed by atoms with Crippen molar-refractivity contribution in [2.75, 3.05) is 20.4 Å². The monoisotopic (exact) mass is 190 g/mol. The molecule has 0 atom stereocenters. The lowest BCUT2D eigenvalue weighted by molar-refractivity contribution is 0.279. The van der Waals surface area contributed by atoms with Gasteiger partial charge in [0.05, 0.1) is 6.16 Å². The highest BCUT2D eigenvalue weighted by Gasteiger charge is 2.17. The van der Waals surface area contributed by atoms with Crippen molar-refractivity contribution >= 4 is 7.60 Å². The molecule has 0 bridgehead atoms. The van der Waals surface area contributed by atoms with E-state index in [0.29, 0.717) is 0 Å². The van der Waals surface area contributed by atoms with Crippen LogP contribution in [-0.2, 0) is 13.6 Å². The molecule has 3 nitrogen and oxygen atoms in total. The van der Waals surface area contributed by atoms with Crippen molar-refractivity contribution in [1.29, 1.82) is 0 Å². The van der Waals surface area contributed by atoms with Crippen molar-refractivity contribution < 1.29 is 13.6 Å². The minimum atomic E-state index is -2.87. The molecule has 12 heavy (non-hydrogen) atoms. The van der Waals surface area contributed by atoms with Crippen molar-refractivity contribution in [3.8, 4) is 0 Å². The molecule has 0 aliphatic heterocycles. The van der Waals surface area contributed by atoms with E-state index in [4.69, 9.17) is 9.05 Å². The van der Waals surface area contributed by atoms with Gasteiger partial charge in [0.25, 0.3) is 0 Å². The molecule has 70 valence electrons. The fraction of sp³-hybridized carbons (Fsp3) is 0.625. The van der Waals surface area contributed by atoms with E-state index >= 15 is 0 Å². The summed E-state index contributed by atoms with van der Waals surface area (Å²) in [5.74, 6) is 0. The van der Waals surface area contributed by atoms with Crippen LogP contribution in [0.25, 0.3) is 0 Å². The van der Waals surface area contributed by atoms with Crippen LogP contribution in [0.1, 0.15) is 13.8 Å². The molecule has 0 saturated carbocycles. The van der Waals surface area contributed by atoms with Crippen molar-refractivity contribution in [1.82, 2.24) is 0 Å². The van der Waals surface area contributed by atoms with E-state index in [2.05, 4.69) is 5.73 Å². The first kappa shape index (κ1) is 11.7. The Morgan fingerprint density at radius 1 is 1.42 bits per heavy atom. The minimum Gasteiger partial charge on any atom is -0.312 e. The molecule has 0 aromatic carbocycles. The van der Waals surface area contributed by atoms with Gasteiger partial charge in [0.2, 0.25) is 0 Å². The van der Waals surface area contributed by atoms with Gasteiger partial charge in [-0.1, -0.05) is 0 Å². The summed E-state index contributed by atoms with van der Waals surface area (Å²) in [6, 6.07) is 0. The molecule has 0 rings (SSSR count). The zero-order valence-corrected chi connectivity index (χ0v) is 8.85. The van der Waals surface area contributed by atoms with E-state index in [1.54, 1.807) is 6.08 Å². The van der Waals surface area contributed by atoms with Crippen LogP contribution < -0.4 is 0 Å². The average Bonchev–Trinajstić information content (AvgIpc) is 2.03. The Bertz CT molecular complexity index is 227. The number of rotatable bonds is 4. The molecule has 0 spiro atoms. The Balaban J connectivity index is 4.26. The van der Waals surface area contributed by atoms with Crippen molar-refractivity contribution in [2.45, 2.75) is 13.8 Å². The Hall–Kier alpha value is -0.330. The highest BCUT2D eigenvalue weighted by Crippen LogP contribution is 2.45. The van der Waals surface area contributed by atoms with Crippen LogP contribution in [0, 0.1) is 0 Å². The van der Waals surface area contributed by atoms with Gasteiger partial charge in [-0.3, -0.25) is 4.57 Å². The molecule has 0 saturated heterocycles. The first-order valence-electron chi connectivity index (χ1n) is 3.63. The first-order chi connectivity index (χ1) is 5.54. The maximum absolute atomic E-state index is 11.4. The van der Waals surface area contributed by atoms with E-state index < -0.39 is 7.60 Å². The van der Waals surface area contributed by atoms with Crippen LogP contribution in [0.2, 0.25) is 0 Å². The largest absolute Gasteiger partial charge is 0.334 e. The van der Waals surface area contributed by atoms with E-state index in [-0.39, 0.29) is 6.16 Å². The van der Waals surface area contributed by atoms with E-state index in [1.807, 2.05) is 13.8 Å². The Morgan fingerprint density at radius 2 is 1.92 bits per heavy atom. The quantitative estimate of drug-likeness (QED) is 0.505. The third-order valence-electron chi connectivity index (χ3n) is 1.26. The fourth-order valence-electron chi connectivity index (χ4n) is 0.585. The zero-order chi connectivity index (χ0) is 9.61. The molecule has 0 radical (unpaired) electrons. The van der Waals surface area contributed by atoms with E-state index in [0.717, 1.165) is 5.57 Å². The lowest BCUT2D eigenvalue weighted by Crippen LogP contribution is -1.90. The van der Waals surface area contributed by atoms with Crippen LogP contribution in [0.5, 0.6) is 0 Å². The van der Waals surface area contributed by atoms with Gasteiger partial charge in [-0.05, 0) is 25.5 Å². The van der Waals surface area contributed by atoms with Crippen molar-refractivity contribution in [3.05, 3.63) is 17.4 Å². The normalized spacial score (nSPS) is 10.7. The van der Waals surface area contributed by atoms with Crippen LogP contribution in [-0.4, -0.2) is 20.4 Å². The molecule has 0 aromatic heterocycles. The summed E-state index contributed by atoms with van der Waals surface area (Å²) in [6.45, 7) is 3.84. The summed E-state index contributed by atoms with van der Waals surface area (Å²) in [5.41, 5.74) is 3.97. The molecule has 0 aliphatic carbocycles. The van der Waals surface area contributed by atoms with Gasteiger partial charge in [-0.25, -0.2) is 0 Å². The van der Waals surface area contributed by atoms with Gasteiger partial charge in [0.15, 0.2) is 0 Å².